The van der Waals surface area contributed by atoms with Gasteiger partial charge in [-0.05, 0) is 42.3 Å². The molecule has 0 saturated heterocycles. The molecule has 0 aliphatic carbocycles. The van der Waals surface area contributed by atoms with E-state index in [0.717, 1.165) is 20.3 Å². The van der Waals surface area contributed by atoms with E-state index in [9.17, 15) is 4.79 Å². The normalized spacial score (nSPS) is 10.8. The van der Waals surface area contributed by atoms with Gasteiger partial charge in [0.25, 0.3) is 0 Å². The highest BCUT2D eigenvalue weighted by Gasteiger charge is 2.18. The maximum atomic E-state index is 12.0. The average molecular weight is 362 g/mol. The summed E-state index contributed by atoms with van der Waals surface area (Å²) in [6.07, 6.45) is 0. The number of ether oxygens (including phenoxy) is 1. The van der Waals surface area contributed by atoms with E-state index in [1.807, 2.05) is 58.6 Å². The Labute approximate surface area is 135 Å². The first-order chi connectivity index (χ1) is 10.2. The summed E-state index contributed by atoms with van der Waals surface area (Å²) in [5.41, 5.74) is 1.49. The molecule has 2 aromatic carbocycles. The number of rotatable bonds is 3. The monoisotopic (exact) mass is 361 g/mol. The number of nitrogens with zero attached hydrogens (tertiary/aromatic N) is 1. The topological polar surface area (TPSA) is 31.2 Å². The number of esters is 1. The van der Waals surface area contributed by atoms with E-state index >= 15 is 0 Å². The van der Waals surface area contributed by atoms with Crippen LogP contribution in [-0.4, -0.2) is 17.1 Å². The maximum absolute atomic E-state index is 12.0. The van der Waals surface area contributed by atoms with E-state index in [-0.39, 0.29) is 5.97 Å². The van der Waals surface area contributed by atoms with Gasteiger partial charge in [0.15, 0.2) is 0 Å². The van der Waals surface area contributed by atoms with Crippen LogP contribution in [0.25, 0.3) is 10.9 Å². The molecule has 0 amide bonds. The van der Waals surface area contributed by atoms with Gasteiger partial charge in [-0.15, -0.1) is 0 Å². The standard InChI is InChI=1S/C16H12BrNO2S/c1-20-16(19)15-10-12-13(17)8-5-9-14(12)18(15)21-11-6-3-2-4-7-11/h2-10H,1H3. The van der Waals surface area contributed by atoms with Gasteiger partial charge in [-0.2, -0.15) is 0 Å². The first-order valence-electron chi connectivity index (χ1n) is 6.32. The fourth-order valence-electron chi connectivity index (χ4n) is 2.10. The Kier molecular flexibility index (Phi) is 4.03. The molecule has 0 aliphatic rings. The largest absolute Gasteiger partial charge is 0.464 e. The summed E-state index contributed by atoms with van der Waals surface area (Å²) in [7, 11) is 1.40. The van der Waals surface area contributed by atoms with E-state index in [0.29, 0.717) is 5.69 Å². The van der Waals surface area contributed by atoms with E-state index in [1.165, 1.54) is 19.1 Å². The van der Waals surface area contributed by atoms with Crippen LogP contribution in [0.2, 0.25) is 0 Å². The second-order valence-electron chi connectivity index (χ2n) is 4.39. The Hall–Kier alpha value is -1.72. The second-order valence-corrected chi connectivity index (χ2v) is 6.27. The van der Waals surface area contributed by atoms with Crippen LogP contribution in [0.15, 0.2) is 64.0 Å². The van der Waals surface area contributed by atoms with Gasteiger partial charge in [-0.3, -0.25) is 3.97 Å². The summed E-state index contributed by atoms with van der Waals surface area (Å²) in [6, 6.07) is 17.7. The Morgan fingerprint density at radius 1 is 1.14 bits per heavy atom. The summed E-state index contributed by atoms with van der Waals surface area (Å²) >= 11 is 5.02. The minimum atomic E-state index is -0.346. The van der Waals surface area contributed by atoms with Gasteiger partial charge >= 0.3 is 5.97 Å². The molecule has 0 N–H and O–H groups in total. The predicted molar refractivity (Wildman–Crippen MR) is 88.7 cm³/mol. The Morgan fingerprint density at radius 2 is 1.90 bits per heavy atom. The number of hydrogen-bond donors (Lipinski definition) is 0. The molecule has 0 atom stereocenters. The number of hydrogen-bond acceptors (Lipinski definition) is 3. The fraction of sp³-hybridized carbons (Fsp3) is 0.0625. The number of fused-ring (bicyclic) bond motifs is 1. The molecule has 0 spiro atoms. The molecule has 0 unspecified atom stereocenters. The third-order valence-electron chi connectivity index (χ3n) is 3.08. The third-order valence-corrected chi connectivity index (χ3v) is 4.83. The van der Waals surface area contributed by atoms with Gasteiger partial charge < -0.3 is 4.74 Å². The third kappa shape index (κ3) is 2.71. The van der Waals surface area contributed by atoms with Crippen molar-refractivity contribution in [2.45, 2.75) is 4.90 Å². The lowest BCUT2D eigenvalue weighted by Gasteiger charge is -2.08. The summed E-state index contributed by atoms with van der Waals surface area (Å²) in [5.74, 6) is -0.346. The van der Waals surface area contributed by atoms with Crippen LogP contribution >= 0.6 is 27.9 Å². The quantitative estimate of drug-likeness (QED) is 0.631. The number of halogens is 1. The highest BCUT2D eigenvalue weighted by atomic mass is 79.9. The van der Waals surface area contributed by atoms with Crippen LogP contribution in [0, 0.1) is 0 Å². The predicted octanol–water partition coefficient (Wildman–Crippen LogP) is 4.75. The van der Waals surface area contributed by atoms with Crippen molar-refractivity contribution in [1.82, 2.24) is 3.97 Å². The van der Waals surface area contributed by atoms with Crippen molar-refractivity contribution in [1.29, 1.82) is 0 Å². The molecule has 0 bridgehead atoms. The molecular formula is C16H12BrNO2S. The van der Waals surface area contributed by atoms with Crippen molar-refractivity contribution in [3.63, 3.8) is 0 Å². The van der Waals surface area contributed by atoms with Crippen LogP contribution in [-0.2, 0) is 4.74 Å². The van der Waals surface area contributed by atoms with Crippen molar-refractivity contribution in [2.24, 2.45) is 0 Å². The lowest BCUT2D eigenvalue weighted by Crippen LogP contribution is -2.06. The Bertz CT molecular complexity index is 799. The highest BCUT2D eigenvalue weighted by molar-refractivity contribution is 9.10. The first kappa shape index (κ1) is 14.2. The average Bonchev–Trinajstić information content (AvgIpc) is 2.88. The minimum Gasteiger partial charge on any atom is -0.464 e. The summed E-state index contributed by atoms with van der Waals surface area (Å²) < 4.78 is 7.76. The number of carbonyl (C=O) groups is 1. The molecule has 0 aliphatic heterocycles. The van der Waals surface area contributed by atoms with Crippen molar-refractivity contribution >= 4 is 44.8 Å². The molecule has 5 heteroatoms. The van der Waals surface area contributed by atoms with Crippen molar-refractivity contribution in [3.05, 3.63) is 64.8 Å². The zero-order valence-corrected chi connectivity index (χ0v) is 13.6. The molecule has 3 aromatic rings. The lowest BCUT2D eigenvalue weighted by atomic mass is 10.2. The summed E-state index contributed by atoms with van der Waals surface area (Å²) in [6.45, 7) is 0. The Morgan fingerprint density at radius 3 is 2.62 bits per heavy atom. The van der Waals surface area contributed by atoms with Crippen LogP contribution in [0.5, 0.6) is 0 Å². The smallest absolute Gasteiger partial charge is 0.355 e. The van der Waals surface area contributed by atoms with Gasteiger partial charge in [0.2, 0.25) is 0 Å². The van der Waals surface area contributed by atoms with E-state index in [4.69, 9.17) is 4.74 Å². The van der Waals surface area contributed by atoms with Crippen LogP contribution in [0.1, 0.15) is 10.5 Å². The molecule has 0 radical (unpaired) electrons. The first-order valence-corrected chi connectivity index (χ1v) is 7.89. The van der Waals surface area contributed by atoms with Crippen molar-refractivity contribution in [3.8, 4) is 0 Å². The lowest BCUT2D eigenvalue weighted by molar-refractivity contribution is 0.0594. The molecular weight excluding hydrogens is 350 g/mol. The van der Waals surface area contributed by atoms with Gasteiger partial charge in [0.1, 0.15) is 5.69 Å². The van der Waals surface area contributed by atoms with E-state index in [1.54, 1.807) is 0 Å². The van der Waals surface area contributed by atoms with Gasteiger partial charge in [-0.1, -0.05) is 40.2 Å². The molecule has 3 rings (SSSR count). The minimum absolute atomic E-state index is 0.346. The summed E-state index contributed by atoms with van der Waals surface area (Å²) in [4.78, 5) is 13.1. The zero-order valence-electron chi connectivity index (χ0n) is 11.2. The molecule has 1 heterocycles. The summed E-state index contributed by atoms with van der Waals surface area (Å²) in [5, 5.41) is 0.987. The second kappa shape index (κ2) is 5.95. The van der Waals surface area contributed by atoms with E-state index in [2.05, 4.69) is 15.9 Å². The van der Waals surface area contributed by atoms with Crippen molar-refractivity contribution < 1.29 is 9.53 Å². The number of methoxy groups -OCH3 is 1. The van der Waals surface area contributed by atoms with Crippen LogP contribution < -0.4 is 0 Å². The zero-order chi connectivity index (χ0) is 14.8. The van der Waals surface area contributed by atoms with Crippen molar-refractivity contribution in [2.75, 3.05) is 7.11 Å². The number of benzene rings is 2. The molecule has 0 fully saturated rings. The number of carbonyl (C=O) groups excluding carboxylic acids is 1. The Balaban J connectivity index is 2.18. The highest BCUT2D eigenvalue weighted by Crippen LogP contribution is 2.33. The van der Waals surface area contributed by atoms with Crippen LogP contribution in [0.4, 0.5) is 0 Å². The molecule has 106 valence electrons. The SMILES string of the molecule is COC(=O)c1cc2c(Br)cccc2n1Sc1ccccc1. The maximum Gasteiger partial charge on any atom is 0.355 e. The fourth-order valence-corrected chi connectivity index (χ4v) is 3.55. The van der Waals surface area contributed by atoms with E-state index < -0.39 is 0 Å². The molecule has 0 saturated carbocycles. The molecule has 1 aromatic heterocycles. The number of aromatic nitrogens is 1. The van der Waals surface area contributed by atoms with Gasteiger partial charge in [-0.25, -0.2) is 4.79 Å². The van der Waals surface area contributed by atoms with Gasteiger partial charge in [0.05, 0.1) is 12.6 Å². The van der Waals surface area contributed by atoms with Gasteiger partial charge in [0, 0.05) is 14.8 Å². The molecule has 21 heavy (non-hydrogen) atoms. The van der Waals surface area contributed by atoms with Crippen LogP contribution in [0.3, 0.4) is 0 Å². The molecule has 3 nitrogen and oxygen atoms in total.